The zero-order valence-corrected chi connectivity index (χ0v) is 9.81. The molecule has 17 heavy (non-hydrogen) atoms. The summed E-state index contributed by atoms with van der Waals surface area (Å²) in [6.45, 7) is 1.88. The second-order valence-corrected chi connectivity index (χ2v) is 3.83. The summed E-state index contributed by atoms with van der Waals surface area (Å²) >= 11 is 0. The number of rotatable bonds is 7. The molecule has 0 unspecified atom stereocenters. The maximum absolute atomic E-state index is 11.5. The molecule has 5 heteroatoms. The van der Waals surface area contributed by atoms with Gasteiger partial charge >= 0.3 is 5.97 Å². The third-order valence-corrected chi connectivity index (χ3v) is 2.39. The molecule has 1 heterocycles. The third kappa shape index (κ3) is 4.72. The van der Waals surface area contributed by atoms with Gasteiger partial charge in [0.15, 0.2) is 0 Å². The number of hydrogen-bond acceptors (Lipinski definition) is 3. The molecule has 0 radical (unpaired) electrons. The van der Waals surface area contributed by atoms with Crippen LogP contribution in [0.3, 0.4) is 0 Å². The summed E-state index contributed by atoms with van der Waals surface area (Å²) in [7, 11) is 0. The van der Waals surface area contributed by atoms with Crippen LogP contribution in [0.2, 0.25) is 0 Å². The minimum absolute atomic E-state index is 0.237. The molecule has 0 saturated heterocycles. The van der Waals surface area contributed by atoms with Gasteiger partial charge in [0.25, 0.3) is 0 Å². The van der Waals surface area contributed by atoms with Gasteiger partial charge in [0.1, 0.15) is 11.8 Å². The maximum atomic E-state index is 11.5. The Morgan fingerprint density at radius 1 is 1.53 bits per heavy atom. The number of aryl methyl sites for hydroxylation is 1. The van der Waals surface area contributed by atoms with Crippen LogP contribution in [0.1, 0.15) is 31.9 Å². The molecule has 1 aromatic rings. The number of nitrogens with one attached hydrogen (secondary N) is 1. The molecule has 0 fully saturated rings. The molecule has 0 aliphatic carbocycles. The minimum Gasteiger partial charge on any atom is -0.480 e. The summed E-state index contributed by atoms with van der Waals surface area (Å²) in [6, 6.07) is 2.75. The van der Waals surface area contributed by atoms with Crippen molar-refractivity contribution in [1.82, 2.24) is 5.32 Å². The summed E-state index contributed by atoms with van der Waals surface area (Å²) in [5.41, 5.74) is 0. The molecular formula is C12H17NO4. The van der Waals surface area contributed by atoms with Gasteiger partial charge in [0, 0.05) is 12.8 Å². The number of amides is 1. The summed E-state index contributed by atoms with van der Waals surface area (Å²) in [6.07, 6.45) is 3.43. The molecule has 0 bridgehead atoms. The van der Waals surface area contributed by atoms with E-state index in [2.05, 4.69) is 5.32 Å². The van der Waals surface area contributed by atoms with Crippen LogP contribution in [-0.2, 0) is 16.0 Å². The molecule has 94 valence electrons. The van der Waals surface area contributed by atoms with Crippen LogP contribution in [0, 0.1) is 0 Å². The second-order valence-electron chi connectivity index (χ2n) is 3.83. The van der Waals surface area contributed by atoms with Crippen LogP contribution >= 0.6 is 0 Å². The first kappa shape index (κ1) is 13.3. The first-order valence-electron chi connectivity index (χ1n) is 5.68. The molecule has 0 saturated carbocycles. The van der Waals surface area contributed by atoms with Gasteiger partial charge in [-0.25, -0.2) is 4.79 Å². The Morgan fingerprint density at radius 2 is 2.29 bits per heavy atom. The Morgan fingerprint density at radius 3 is 2.82 bits per heavy atom. The van der Waals surface area contributed by atoms with Crippen LogP contribution in [0.25, 0.3) is 0 Å². The standard InChI is InChI=1S/C12H17NO4/c1-2-4-10(12(15)16)13-11(14)7-6-9-5-3-8-17-9/h3,5,8,10H,2,4,6-7H2,1H3,(H,13,14)(H,15,16)/t10-/m0/s1. The van der Waals surface area contributed by atoms with Gasteiger partial charge in [-0.2, -0.15) is 0 Å². The molecule has 1 amide bonds. The Bertz CT molecular complexity index is 359. The normalized spacial score (nSPS) is 12.1. The molecule has 0 aliphatic rings. The highest BCUT2D eigenvalue weighted by Crippen LogP contribution is 2.04. The Balaban J connectivity index is 2.34. The fraction of sp³-hybridized carbons (Fsp3) is 0.500. The van der Waals surface area contributed by atoms with Crippen LogP contribution in [0.15, 0.2) is 22.8 Å². The lowest BCUT2D eigenvalue weighted by Crippen LogP contribution is -2.40. The first-order valence-corrected chi connectivity index (χ1v) is 5.68. The highest BCUT2D eigenvalue weighted by molar-refractivity contribution is 5.83. The molecule has 0 aromatic carbocycles. The van der Waals surface area contributed by atoms with Crippen molar-refractivity contribution < 1.29 is 19.1 Å². The molecular weight excluding hydrogens is 222 g/mol. The number of furan rings is 1. The molecule has 1 aromatic heterocycles. The summed E-state index contributed by atoms with van der Waals surface area (Å²) in [4.78, 5) is 22.3. The zero-order chi connectivity index (χ0) is 12.7. The van der Waals surface area contributed by atoms with Crippen LogP contribution in [-0.4, -0.2) is 23.0 Å². The topological polar surface area (TPSA) is 79.5 Å². The van der Waals surface area contributed by atoms with Crippen molar-refractivity contribution in [2.45, 2.75) is 38.6 Å². The van der Waals surface area contributed by atoms with Crippen molar-refractivity contribution in [2.24, 2.45) is 0 Å². The van der Waals surface area contributed by atoms with Gasteiger partial charge in [-0.3, -0.25) is 4.79 Å². The fourth-order valence-corrected chi connectivity index (χ4v) is 1.50. The van der Waals surface area contributed by atoms with Gasteiger partial charge in [-0.15, -0.1) is 0 Å². The van der Waals surface area contributed by atoms with Crippen molar-refractivity contribution >= 4 is 11.9 Å². The van der Waals surface area contributed by atoms with Gasteiger partial charge in [-0.1, -0.05) is 13.3 Å². The van der Waals surface area contributed by atoms with E-state index in [9.17, 15) is 9.59 Å². The summed E-state index contributed by atoms with van der Waals surface area (Å²) in [5, 5.41) is 11.4. The van der Waals surface area contributed by atoms with E-state index in [-0.39, 0.29) is 12.3 Å². The van der Waals surface area contributed by atoms with E-state index in [1.807, 2.05) is 6.92 Å². The fourth-order valence-electron chi connectivity index (χ4n) is 1.50. The molecule has 0 aliphatic heterocycles. The van der Waals surface area contributed by atoms with Crippen molar-refractivity contribution in [3.8, 4) is 0 Å². The van der Waals surface area contributed by atoms with Gasteiger partial charge < -0.3 is 14.8 Å². The van der Waals surface area contributed by atoms with E-state index in [1.54, 1.807) is 18.4 Å². The highest BCUT2D eigenvalue weighted by Gasteiger charge is 2.18. The number of carboxylic acid groups (broad SMARTS) is 1. The van der Waals surface area contributed by atoms with Crippen LogP contribution in [0.5, 0.6) is 0 Å². The van der Waals surface area contributed by atoms with Crippen molar-refractivity contribution in [1.29, 1.82) is 0 Å². The Hall–Kier alpha value is -1.78. The monoisotopic (exact) mass is 239 g/mol. The predicted molar refractivity (Wildman–Crippen MR) is 61.5 cm³/mol. The van der Waals surface area contributed by atoms with Gasteiger partial charge in [0.05, 0.1) is 6.26 Å². The summed E-state index contributed by atoms with van der Waals surface area (Å²) < 4.78 is 5.09. The smallest absolute Gasteiger partial charge is 0.326 e. The van der Waals surface area contributed by atoms with Crippen molar-refractivity contribution in [3.05, 3.63) is 24.2 Å². The largest absolute Gasteiger partial charge is 0.480 e. The lowest BCUT2D eigenvalue weighted by atomic mass is 10.1. The third-order valence-electron chi connectivity index (χ3n) is 2.39. The van der Waals surface area contributed by atoms with E-state index in [0.717, 1.165) is 12.2 Å². The number of carbonyl (C=O) groups is 2. The molecule has 0 spiro atoms. The summed E-state index contributed by atoms with van der Waals surface area (Å²) in [5.74, 6) is -0.525. The number of carbonyl (C=O) groups excluding carboxylic acids is 1. The van der Waals surface area contributed by atoms with E-state index in [1.165, 1.54) is 0 Å². The van der Waals surface area contributed by atoms with Crippen LogP contribution in [0.4, 0.5) is 0 Å². The minimum atomic E-state index is -0.988. The lowest BCUT2D eigenvalue weighted by Gasteiger charge is -2.12. The molecule has 5 nitrogen and oxygen atoms in total. The Labute approximate surface area is 99.8 Å². The quantitative estimate of drug-likeness (QED) is 0.757. The number of hydrogen-bond donors (Lipinski definition) is 2. The lowest BCUT2D eigenvalue weighted by molar-refractivity contribution is -0.142. The van der Waals surface area contributed by atoms with E-state index < -0.39 is 12.0 Å². The average Bonchev–Trinajstić information content (AvgIpc) is 2.78. The SMILES string of the molecule is CCC[C@H](NC(=O)CCc1ccco1)C(=O)O. The molecule has 1 atom stereocenters. The zero-order valence-electron chi connectivity index (χ0n) is 9.81. The highest BCUT2D eigenvalue weighted by atomic mass is 16.4. The van der Waals surface area contributed by atoms with E-state index >= 15 is 0 Å². The van der Waals surface area contributed by atoms with Crippen LogP contribution < -0.4 is 5.32 Å². The van der Waals surface area contributed by atoms with Gasteiger partial charge in [-0.05, 0) is 18.6 Å². The number of aliphatic carboxylic acids is 1. The van der Waals surface area contributed by atoms with Crippen molar-refractivity contribution in [3.63, 3.8) is 0 Å². The predicted octanol–water partition coefficient (Wildman–Crippen LogP) is 1.58. The van der Waals surface area contributed by atoms with Crippen molar-refractivity contribution in [2.75, 3.05) is 0 Å². The molecule has 2 N–H and O–H groups in total. The molecule has 1 rings (SSSR count). The Kier molecular flexibility index (Phi) is 5.26. The average molecular weight is 239 g/mol. The maximum Gasteiger partial charge on any atom is 0.326 e. The first-order chi connectivity index (χ1) is 8.13. The van der Waals surface area contributed by atoms with E-state index in [0.29, 0.717) is 12.8 Å². The second kappa shape index (κ2) is 6.73. The van der Waals surface area contributed by atoms with Gasteiger partial charge in [0.2, 0.25) is 5.91 Å². The number of carboxylic acids is 1. The van der Waals surface area contributed by atoms with E-state index in [4.69, 9.17) is 9.52 Å².